The second-order valence-electron chi connectivity index (χ2n) is 18.6. The number of fused-ring (bicyclic) bond motifs is 8. The molecule has 0 N–H and O–H groups in total. The van der Waals surface area contributed by atoms with Gasteiger partial charge in [-0.1, -0.05) is 181 Å². The van der Waals surface area contributed by atoms with Crippen molar-refractivity contribution in [1.82, 2.24) is 4.57 Å². The smallest absolute Gasteiger partial charge is 0.0540 e. The molecule has 0 radical (unpaired) electrons. The third-order valence-electron chi connectivity index (χ3n) is 12.9. The first-order chi connectivity index (χ1) is 27.9. The van der Waals surface area contributed by atoms with E-state index in [1.54, 1.807) is 0 Å². The summed E-state index contributed by atoms with van der Waals surface area (Å²) in [4.78, 5) is 0. The van der Waals surface area contributed by atoms with Crippen molar-refractivity contribution in [3.8, 4) is 5.69 Å². The zero-order chi connectivity index (χ0) is 40.1. The van der Waals surface area contributed by atoms with Gasteiger partial charge in [-0.25, -0.2) is 0 Å². The molecule has 1 heteroatoms. The molecular weight excluding hydrogens is 699 g/mol. The standard InChI is InChI=1S/C57H51N/c1-35-36(2)58(43-26-29-49-50(34-43)55(57(6,7)8)48-21-15-14-20-47(48)54(49)56(3,4)5)51-31-30-45-44-27-25-42(33-40(44)24-28-46(45)52(35)51)53(38-17-10-9-11-18-38)41-23-22-37-16-12-13-19-39(37)32-41/h9-34,53H,1-8H3. The predicted octanol–water partition coefficient (Wildman–Crippen LogP) is 15.8. The fourth-order valence-corrected chi connectivity index (χ4v) is 10.3. The van der Waals surface area contributed by atoms with Crippen LogP contribution >= 0.6 is 0 Å². The molecule has 0 amide bonds. The van der Waals surface area contributed by atoms with E-state index >= 15 is 0 Å². The van der Waals surface area contributed by atoms with Gasteiger partial charge in [0.25, 0.3) is 0 Å². The molecule has 1 unspecified atom stereocenters. The van der Waals surface area contributed by atoms with Crippen LogP contribution in [0.2, 0.25) is 0 Å². The zero-order valence-corrected chi connectivity index (χ0v) is 35.0. The summed E-state index contributed by atoms with van der Waals surface area (Å²) < 4.78 is 2.50. The molecule has 284 valence electrons. The lowest BCUT2D eigenvalue weighted by Gasteiger charge is -2.30. The van der Waals surface area contributed by atoms with E-state index in [4.69, 9.17) is 0 Å². The van der Waals surface area contributed by atoms with Crippen molar-refractivity contribution in [2.24, 2.45) is 0 Å². The Balaban J connectivity index is 1.15. The average molecular weight is 750 g/mol. The first-order valence-electron chi connectivity index (χ1n) is 20.9. The normalized spacial score (nSPS) is 13.1. The molecule has 0 fully saturated rings. The van der Waals surface area contributed by atoms with E-state index in [1.165, 1.54) is 110 Å². The van der Waals surface area contributed by atoms with Crippen molar-refractivity contribution in [2.45, 2.75) is 72.1 Å². The monoisotopic (exact) mass is 749 g/mol. The Morgan fingerprint density at radius 3 is 1.64 bits per heavy atom. The number of hydrogen-bond acceptors (Lipinski definition) is 0. The van der Waals surface area contributed by atoms with E-state index in [2.05, 4.69) is 218 Å². The number of nitrogens with zero attached hydrogens (tertiary/aromatic N) is 1. The maximum absolute atomic E-state index is 2.50. The minimum absolute atomic E-state index is 0.0101. The van der Waals surface area contributed by atoms with Gasteiger partial charge in [0.15, 0.2) is 0 Å². The first kappa shape index (κ1) is 36.2. The van der Waals surface area contributed by atoms with E-state index in [1.807, 2.05) is 0 Å². The van der Waals surface area contributed by atoms with Crippen LogP contribution in [0.3, 0.4) is 0 Å². The van der Waals surface area contributed by atoms with Gasteiger partial charge in [-0.05, 0) is 130 Å². The highest BCUT2D eigenvalue weighted by molar-refractivity contribution is 6.18. The van der Waals surface area contributed by atoms with Crippen LogP contribution < -0.4 is 0 Å². The Bertz CT molecular complexity index is 3250. The fraction of sp³-hybridized carbons (Fsp3) is 0.193. The molecule has 58 heavy (non-hydrogen) atoms. The van der Waals surface area contributed by atoms with Gasteiger partial charge < -0.3 is 4.57 Å². The SMILES string of the molecule is Cc1c(C)n(-c2ccc3c(C(C)(C)C)c4ccccc4c(C(C)(C)C)c3c2)c2ccc3c4ccc(C(c5ccccc5)c5ccc6ccccc6c5)cc4ccc3c12. The van der Waals surface area contributed by atoms with E-state index in [0.29, 0.717) is 0 Å². The second-order valence-corrected chi connectivity index (χ2v) is 18.6. The lowest BCUT2D eigenvalue weighted by Crippen LogP contribution is -2.17. The van der Waals surface area contributed by atoms with Crippen LogP contribution in [0.4, 0.5) is 0 Å². The highest BCUT2D eigenvalue weighted by Crippen LogP contribution is 2.45. The Hall–Kier alpha value is -6.18. The summed E-state index contributed by atoms with van der Waals surface area (Å²) in [6.07, 6.45) is 0. The number of rotatable bonds is 4. The minimum Gasteiger partial charge on any atom is -0.314 e. The molecule has 0 aliphatic carbocycles. The lowest BCUT2D eigenvalue weighted by atomic mass is 9.74. The summed E-state index contributed by atoms with van der Waals surface area (Å²) in [7, 11) is 0. The van der Waals surface area contributed by atoms with E-state index in [0.717, 1.165) is 0 Å². The second kappa shape index (κ2) is 13.2. The van der Waals surface area contributed by atoms with Gasteiger partial charge in [0.05, 0.1) is 5.52 Å². The summed E-state index contributed by atoms with van der Waals surface area (Å²) >= 11 is 0. The summed E-state index contributed by atoms with van der Waals surface area (Å²) in [5, 5.41) is 14.5. The van der Waals surface area contributed by atoms with Crippen molar-refractivity contribution in [3.05, 3.63) is 197 Å². The van der Waals surface area contributed by atoms with Crippen LogP contribution in [0.15, 0.2) is 158 Å². The van der Waals surface area contributed by atoms with Crippen LogP contribution in [-0.2, 0) is 10.8 Å². The maximum Gasteiger partial charge on any atom is 0.0540 e. The molecule has 0 aliphatic heterocycles. The molecule has 1 aromatic heterocycles. The number of aryl methyl sites for hydroxylation is 1. The summed E-state index contributed by atoms with van der Waals surface area (Å²) in [5.74, 6) is 0.130. The van der Waals surface area contributed by atoms with Gasteiger partial charge in [-0.2, -0.15) is 0 Å². The fourth-order valence-electron chi connectivity index (χ4n) is 10.3. The molecule has 1 atom stereocenters. The number of hydrogen-bond donors (Lipinski definition) is 0. The van der Waals surface area contributed by atoms with Gasteiger partial charge >= 0.3 is 0 Å². The molecule has 0 aliphatic rings. The highest BCUT2D eigenvalue weighted by atomic mass is 15.0. The average Bonchev–Trinajstić information content (AvgIpc) is 3.47. The molecule has 10 rings (SSSR count). The quantitative estimate of drug-likeness (QED) is 0.0959. The number of aromatic nitrogens is 1. The van der Waals surface area contributed by atoms with Crippen LogP contribution in [0.5, 0.6) is 0 Å². The minimum atomic E-state index is -0.0374. The summed E-state index contributed by atoms with van der Waals surface area (Å²) in [6.45, 7) is 18.8. The molecule has 0 spiro atoms. The van der Waals surface area contributed by atoms with Crippen LogP contribution in [0.25, 0.3) is 70.5 Å². The third kappa shape index (κ3) is 5.66. The van der Waals surface area contributed by atoms with Gasteiger partial charge in [-0.3, -0.25) is 0 Å². The number of benzene rings is 9. The van der Waals surface area contributed by atoms with Crippen LogP contribution in [-0.4, -0.2) is 4.57 Å². The predicted molar refractivity (Wildman–Crippen MR) is 252 cm³/mol. The lowest BCUT2D eigenvalue weighted by molar-refractivity contribution is 0.593. The van der Waals surface area contributed by atoms with Crippen molar-refractivity contribution < 1.29 is 0 Å². The van der Waals surface area contributed by atoms with Gasteiger partial charge in [0.2, 0.25) is 0 Å². The Morgan fingerprint density at radius 1 is 0.397 bits per heavy atom. The Labute approximate surface area is 342 Å². The Morgan fingerprint density at radius 2 is 0.931 bits per heavy atom. The molecule has 1 heterocycles. The van der Waals surface area contributed by atoms with Crippen molar-refractivity contribution >= 4 is 64.8 Å². The van der Waals surface area contributed by atoms with Gasteiger partial charge in [-0.15, -0.1) is 0 Å². The van der Waals surface area contributed by atoms with Crippen molar-refractivity contribution in [3.63, 3.8) is 0 Å². The van der Waals surface area contributed by atoms with E-state index in [-0.39, 0.29) is 16.7 Å². The summed E-state index contributed by atoms with van der Waals surface area (Å²) in [5.41, 5.74) is 11.8. The first-order valence-corrected chi connectivity index (χ1v) is 20.9. The van der Waals surface area contributed by atoms with Gasteiger partial charge in [0.1, 0.15) is 0 Å². The largest absolute Gasteiger partial charge is 0.314 e. The van der Waals surface area contributed by atoms with Crippen LogP contribution in [0, 0.1) is 13.8 Å². The highest BCUT2D eigenvalue weighted by Gasteiger charge is 2.28. The third-order valence-corrected chi connectivity index (χ3v) is 12.9. The molecule has 0 saturated carbocycles. The van der Waals surface area contributed by atoms with Gasteiger partial charge in [0, 0.05) is 22.7 Å². The van der Waals surface area contributed by atoms with E-state index in [9.17, 15) is 0 Å². The van der Waals surface area contributed by atoms with Crippen molar-refractivity contribution in [2.75, 3.05) is 0 Å². The topological polar surface area (TPSA) is 4.93 Å². The molecule has 10 aromatic rings. The molecule has 9 aromatic carbocycles. The molecule has 0 saturated heterocycles. The molecule has 0 bridgehead atoms. The molecular formula is C57H51N. The molecule has 1 nitrogen and oxygen atoms in total. The van der Waals surface area contributed by atoms with E-state index < -0.39 is 0 Å². The zero-order valence-electron chi connectivity index (χ0n) is 35.0. The van der Waals surface area contributed by atoms with Crippen molar-refractivity contribution in [1.29, 1.82) is 0 Å². The Kier molecular flexibility index (Phi) is 8.22. The van der Waals surface area contributed by atoms with Crippen LogP contribution in [0.1, 0.15) is 86.5 Å². The maximum atomic E-state index is 2.50. The summed E-state index contributed by atoms with van der Waals surface area (Å²) in [6, 6.07) is 59.5.